The average molecular weight is 577 g/mol. The van der Waals surface area contributed by atoms with E-state index in [1.165, 1.54) is 7.11 Å². The number of rotatable bonds is 12. The van der Waals surface area contributed by atoms with Crippen LogP contribution in [-0.4, -0.2) is 48.7 Å². The highest BCUT2D eigenvalue weighted by Crippen LogP contribution is 2.36. The number of ether oxygens (including phenoxy) is 2. The zero-order valence-electron chi connectivity index (χ0n) is 22.9. The Balaban J connectivity index is 1.49. The van der Waals surface area contributed by atoms with Crippen LogP contribution in [0, 0.1) is 0 Å². The molecule has 0 radical (unpaired) electrons. The third-order valence-corrected chi connectivity index (χ3v) is 8.15. The maximum Gasteiger partial charge on any atom is 0.338 e. The lowest BCUT2D eigenvalue weighted by molar-refractivity contribution is -0.128. The highest BCUT2D eigenvalue weighted by atomic mass is 35.5. The summed E-state index contributed by atoms with van der Waals surface area (Å²) in [4.78, 5) is 30.8. The molecule has 0 saturated carbocycles. The quantitative estimate of drug-likeness (QED) is 0.167. The number of amides is 1. The van der Waals surface area contributed by atoms with Crippen LogP contribution < -0.4 is 4.74 Å². The molecule has 4 rings (SSSR count). The molecule has 208 valence electrons. The lowest BCUT2D eigenvalue weighted by Gasteiger charge is -2.19. The molecule has 1 unspecified atom stereocenters. The molecule has 0 spiro atoms. The van der Waals surface area contributed by atoms with Crippen LogP contribution in [-0.2, 0) is 22.6 Å². The first kappa shape index (κ1) is 29.4. The largest absolute Gasteiger partial charge is 0.487 e. The second kappa shape index (κ2) is 14.2. The van der Waals surface area contributed by atoms with Gasteiger partial charge in [0.05, 0.1) is 23.9 Å². The van der Waals surface area contributed by atoms with Gasteiger partial charge in [-0.3, -0.25) is 4.79 Å². The van der Waals surface area contributed by atoms with E-state index >= 15 is 0 Å². The van der Waals surface area contributed by atoms with Gasteiger partial charge in [0.1, 0.15) is 12.4 Å². The van der Waals surface area contributed by atoms with Crippen molar-refractivity contribution in [2.75, 3.05) is 27.0 Å². The lowest BCUT2D eigenvalue weighted by Crippen LogP contribution is -2.22. The van der Waals surface area contributed by atoms with Gasteiger partial charge in [-0.15, -0.1) is 0 Å². The number of hydrogen-bond donors (Lipinski definition) is 0. The van der Waals surface area contributed by atoms with E-state index in [2.05, 4.69) is 17.1 Å². The van der Waals surface area contributed by atoms with Crippen LogP contribution in [0.4, 0.5) is 0 Å². The van der Waals surface area contributed by atoms with Gasteiger partial charge < -0.3 is 14.4 Å². The number of methoxy groups -OCH3 is 1. The second-order valence-electron chi connectivity index (χ2n) is 9.59. The SMILES string of the molecule is COC(=O)c1ccccc1CCC(SCCC(=O)N(C)C)c1cccc(OCc2ccc3ccc(Cl)cc3n2)c1. The van der Waals surface area contributed by atoms with E-state index < -0.39 is 0 Å². The minimum atomic E-state index is -0.337. The Morgan fingerprint density at radius 1 is 1.00 bits per heavy atom. The molecular weight excluding hydrogens is 544 g/mol. The van der Waals surface area contributed by atoms with Gasteiger partial charge in [0.15, 0.2) is 0 Å². The van der Waals surface area contributed by atoms with Crippen molar-refractivity contribution in [1.29, 1.82) is 0 Å². The van der Waals surface area contributed by atoms with Crippen molar-refractivity contribution >= 4 is 46.1 Å². The Morgan fingerprint density at radius 3 is 2.60 bits per heavy atom. The van der Waals surface area contributed by atoms with Crippen molar-refractivity contribution in [1.82, 2.24) is 9.88 Å². The van der Waals surface area contributed by atoms with Crippen LogP contribution >= 0.6 is 23.4 Å². The summed E-state index contributed by atoms with van der Waals surface area (Å²) in [6.07, 6.45) is 1.94. The van der Waals surface area contributed by atoms with Crippen LogP contribution in [0.5, 0.6) is 5.75 Å². The summed E-state index contributed by atoms with van der Waals surface area (Å²) >= 11 is 7.88. The normalized spacial score (nSPS) is 11.7. The van der Waals surface area contributed by atoms with Gasteiger partial charge >= 0.3 is 5.97 Å². The monoisotopic (exact) mass is 576 g/mol. The minimum Gasteiger partial charge on any atom is -0.487 e. The first-order valence-electron chi connectivity index (χ1n) is 13.1. The Labute approximate surface area is 244 Å². The van der Waals surface area contributed by atoms with Crippen LogP contribution in [0.25, 0.3) is 10.9 Å². The maximum atomic E-state index is 12.3. The van der Waals surface area contributed by atoms with Gasteiger partial charge in [0.2, 0.25) is 5.91 Å². The topological polar surface area (TPSA) is 68.7 Å². The molecule has 0 bridgehead atoms. The van der Waals surface area contributed by atoms with E-state index in [1.807, 2.05) is 60.7 Å². The fraction of sp³-hybridized carbons (Fsp3) is 0.281. The molecule has 1 heterocycles. The number of benzene rings is 3. The van der Waals surface area contributed by atoms with Crippen LogP contribution in [0.1, 0.15) is 45.3 Å². The van der Waals surface area contributed by atoms with Gasteiger partial charge in [-0.2, -0.15) is 11.8 Å². The zero-order chi connectivity index (χ0) is 28.5. The van der Waals surface area contributed by atoms with Crippen molar-refractivity contribution < 1.29 is 19.1 Å². The Hall–Kier alpha value is -3.55. The number of hydrogen-bond acceptors (Lipinski definition) is 6. The van der Waals surface area contributed by atoms with E-state index in [0.29, 0.717) is 35.8 Å². The van der Waals surface area contributed by atoms with E-state index in [9.17, 15) is 9.59 Å². The number of nitrogens with zero attached hydrogens (tertiary/aromatic N) is 2. The highest BCUT2D eigenvalue weighted by molar-refractivity contribution is 7.99. The molecule has 0 fully saturated rings. The molecule has 40 heavy (non-hydrogen) atoms. The minimum absolute atomic E-state index is 0.101. The summed E-state index contributed by atoms with van der Waals surface area (Å²) in [6.45, 7) is 0.327. The smallest absolute Gasteiger partial charge is 0.338 e. The van der Waals surface area contributed by atoms with Crippen molar-refractivity contribution in [3.63, 3.8) is 0 Å². The molecule has 1 aromatic heterocycles. The van der Waals surface area contributed by atoms with Crippen molar-refractivity contribution in [3.8, 4) is 5.75 Å². The van der Waals surface area contributed by atoms with Gasteiger partial charge in [-0.1, -0.05) is 54.1 Å². The summed E-state index contributed by atoms with van der Waals surface area (Å²) in [5.41, 5.74) is 4.27. The lowest BCUT2D eigenvalue weighted by atomic mass is 9.99. The third-order valence-electron chi connectivity index (χ3n) is 6.56. The molecule has 1 atom stereocenters. The van der Waals surface area contributed by atoms with Crippen molar-refractivity contribution in [2.45, 2.75) is 31.1 Å². The fourth-order valence-electron chi connectivity index (χ4n) is 4.37. The molecule has 0 saturated heterocycles. The second-order valence-corrected chi connectivity index (χ2v) is 11.3. The van der Waals surface area contributed by atoms with Crippen molar-refractivity contribution in [3.05, 3.63) is 106 Å². The molecular formula is C32H33ClN2O4S. The van der Waals surface area contributed by atoms with E-state index in [-0.39, 0.29) is 17.1 Å². The zero-order valence-corrected chi connectivity index (χ0v) is 24.5. The van der Waals surface area contributed by atoms with Crippen LogP contribution in [0.2, 0.25) is 5.02 Å². The number of halogens is 1. The molecule has 6 nitrogen and oxygen atoms in total. The summed E-state index contributed by atoms with van der Waals surface area (Å²) in [5, 5.41) is 1.78. The van der Waals surface area contributed by atoms with Gasteiger partial charge in [0.25, 0.3) is 0 Å². The first-order valence-corrected chi connectivity index (χ1v) is 14.5. The van der Waals surface area contributed by atoms with Gasteiger partial charge in [-0.25, -0.2) is 9.78 Å². The molecule has 8 heteroatoms. The average Bonchev–Trinajstić information content (AvgIpc) is 2.97. The Bertz CT molecular complexity index is 1480. The number of carbonyl (C=O) groups is 2. The molecule has 0 aliphatic heterocycles. The third kappa shape index (κ3) is 7.99. The van der Waals surface area contributed by atoms with E-state index in [1.54, 1.807) is 36.8 Å². The highest BCUT2D eigenvalue weighted by Gasteiger charge is 2.18. The first-order chi connectivity index (χ1) is 19.3. The number of thioether (sulfide) groups is 1. The molecule has 0 N–H and O–H groups in total. The van der Waals surface area contributed by atoms with Crippen LogP contribution in [0.3, 0.4) is 0 Å². The molecule has 3 aromatic carbocycles. The summed E-state index contributed by atoms with van der Waals surface area (Å²) in [7, 11) is 4.94. The summed E-state index contributed by atoms with van der Waals surface area (Å²) in [5.74, 6) is 1.20. The maximum absolute atomic E-state index is 12.3. The molecule has 0 aliphatic rings. The van der Waals surface area contributed by atoms with Crippen LogP contribution in [0.15, 0.2) is 78.9 Å². The number of fused-ring (bicyclic) bond motifs is 1. The number of aromatic nitrogens is 1. The predicted molar refractivity (Wildman–Crippen MR) is 162 cm³/mol. The standard InChI is InChI=1S/C32H33ClN2O4S/c1-35(2)31(36)17-18-40-30(16-13-22-7-4-5-10-28(22)32(37)38-3)24-8-6-9-27(19-24)39-21-26-15-12-23-11-14-25(33)20-29(23)34-26/h4-12,14-15,19-20,30H,13,16-18,21H2,1-3H3. The molecule has 4 aromatic rings. The summed E-state index contributed by atoms with van der Waals surface area (Å²) in [6, 6.07) is 25.2. The number of esters is 1. The van der Waals surface area contributed by atoms with Crippen molar-refractivity contribution in [2.24, 2.45) is 0 Å². The van der Waals surface area contributed by atoms with E-state index in [0.717, 1.165) is 39.9 Å². The fourth-order valence-corrected chi connectivity index (χ4v) is 5.73. The number of aryl methyl sites for hydroxylation is 1. The summed E-state index contributed by atoms with van der Waals surface area (Å²) < 4.78 is 11.1. The Morgan fingerprint density at radius 2 is 1.80 bits per heavy atom. The van der Waals surface area contributed by atoms with E-state index in [4.69, 9.17) is 21.1 Å². The molecule has 1 amide bonds. The Kier molecular flexibility index (Phi) is 10.4. The number of carbonyl (C=O) groups excluding carboxylic acids is 2. The van der Waals surface area contributed by atoms with Gasteiger partial charge in [0, 0.05) is 41.9 Å². The number of pyridine rings is 1. The predicted octanol–water partition coefficient (Wildman–Crippen LogP) is 7.14. The van der Waals surface area contributed by atoms with Gasteiger partial charge in [-0.05, 0) is 60.4 Å². The molecule has 0 aliphatic carbocycles.